The summed E-state index contributed by atoms with van der Waals surface area (Å²) in [5.41, 5.74) is 8.83. The minimum Gasteiger partial charge on any atom is -0.508 e. The van der Waals surface area contributed by atoms with Gasteiger partial charge in [-0.1, -0.05) is 13.8 Å². The molecule has 1 saturated carbocycles. The zero-order valence-corrected chi connectivity index (χ0v) is 22.9. The molecule has 1 aromatic carbocycles. The number of amides is 1. The van der Waals surface area contributed by atoms with Gasteiger partial charge in [-0.05, 0) is 63.1 Å². The number of ketones is 2. The smallest absolute Gasteiger partial charge is 0.255 e. The fraction of sp³-hybridized carbons (Fsp3) is 0.552. The highest BCUT2D eigenvalue weighted by Gasteiger charge is 2.63. The summed E-state index contributed by atoms with van der Waals surface area (Å²) < 4.78 is 5.88. The molecule has 0 radical (unpaired) electrons. The standard InChI is InChI=1S/C29H37N3O8/c1-12(2)6-8-32-7-4-5-17(32)14-11-18(33)20-15(25(14)40-3)9-13-10-16-22(30)24(35)21(28(31)38)27(37)29(16,39)26(36)19(13)23(20)34/h11-13,16-17,22,33-34,37,39H,4-10,30H2,1-3H3,(H2,31,38)/t13-,16-,17-,22-,29-/m0/s1. The van der Waals surface area contributed by atoms with Crippen molar-refractivity contribution in [3.05, 3.63) is 39.7 Å². The molecule has 1 aliphatic heterocycles. The first kappa shape index (κ1) is 28.1. The van der Waals surface area contributed by atoms with E-state index in [1.54, 1.807) is 6.07 Å². The molecular weight excluding hydrogens is 518 g/mol. The Morgan fingerprint density at radius 3 is 2.58 bits per heavy atom. The number of phenols is 1. The highest BCUT2D eigenvalue weighted by Crippen LogP contribution is 2.54. The van der Waals surface area contributed by atoms with E-state index < -0.39 is 58.0 Å². The lowest BCUT2D eigenvalue weighted by Crippen LogP contribution is -2.65. The van der Waals surface area contributed by atoms with Crippen LogP contribution in [-0.2, 0) is 20.8 Å². The second kappa shape index (κ2) is 9.90. The zero-order valence-electron chi connectivity index (χ0n) is 22.9. The summed E-state index contributed by atoms with van der Waals surface area (Å²) in [5, 5.41) is 44.8. The van der Waals surface area contributed by atoms with Gasteiger partial charge >= 0.3 is 0 Å². The van der Waals surface area contributed by atoms with Gasteiger partial charge in [-0.2, -0.15) is 0 Å². The van der Waals surface area contributed by atoms with Crippen LogP contribution in [0.3, 0.4) is 0 Å². The highest BCUT2D eigenvalue weighted by atomic mass is 16.5. The van der Waals surface area contributed by atoms with Crippen molar-refractivity contribution in [1.29, 1.82) is 0 Å². The first-order chi connectivity index (χ1) is 18.8. The van der Waals surface area contributed by atoms with Gasteiger partial charge in [0.05, 0.1) is 18.7 Å². The number of benzene rings is 1. The predicted molar refractivity (Wildman–Crippen MR) is 144 cm³/mol. The van der Waals surface area contributed by atoms with Crippen molar-refractivity contribution in [3.8, 4) is 11.5 Å². The maximum absolute atomic E-state index is 13.8. The Hall–Kier alpha value is -3.41. The number of phenolic OH excluding ortho intramolecular Hbond substituents is 1. The Balaban J connectivity index is 1.63. The molecule has 5 atom stereocenters. The van der Waals surface area contributed by atoms with Crippen LogP contribution in [-0.4, -0.2) is 74.6 Å². The number of methoxy groups -OCH3 is 1. The van der Waals surface area contributed by atoms with Gasteiger partial charge in [0, 0.05) is 28.7 Å². The quantitative estimate of drug-likeness (QED) is 0.280. The number of aliphatic hydroxyl groups is 3. The Labute approximate surface area is 232 Å². The van der Waals surface area contributed by atoms with Gasteiger partial charge in [-0.25, -0.2) is 0 Å². The first-order valence-corrected chi connectivity index (χ1v) is 13.7. The Bertz CT molecular complexity index is 1370. The monoisotopic (exact) mass is 555 g/mol. The number of carbonyl (C=O) groups excluding carboxylic acids is 3. The summed E-state index contributed by atoms with van der Waals surface area (Å²) in [5.74, 6) is -6.23. The van der Waals surface area contributed by atoms with E-state index in [0.29, 0.717) is 17.2 Å². The Kier molecular flexibility index (Phi) is 6.96. The minimum absolute atomic E-state index is 0.00851. The van der Waals surface area contributed by atoms with Gasteiger partial charge in [0.15, 0.2) is 11.4 Å². The maximum atomic E-state index is 13.8. The summed E-state index contributed by atoms with van der Waals surface area (Å²) in [7, 11) is 1.52. The lowest BCUT2D eigenvalue weighted by atomic mass is 9.58. The number of aliphatic hydroxyl groups excluding tert-OH is 2. The van der Waals surface area contributed by atoms with Crippen LogP contribution in [0.2, 0.25) is 0 Å². The van der Waals surface area contributed by atoms with Crippen molar-refractivity contribution in [3.63, 3.8) is 0 Å². The second-order valence-corrected chi connectivity index (χ2v) is 11.8. The Morgan fingerprint density at radius 1 is 1.25 bits per heavy atom. The molecule has 11 nitrogen and oxygen atoms in total. The van der Waals surface area contributed by atoms with E-state index in [1.165, 1.54) is 7.11 Å². The summed E-state index contributed by atoms with van der Waals surface area (Å²) in [6.45, 7) is 6.16. The molecule has 1 saturated heterocycles. The number of ether oxygens (including phenoxy) is 1. The highest BCUT2D eigenvalue weighted by molar-refractivity contribution is 6.24. The van der Waals surface area contributed by atoms with Crippen molar-refractivity contribution in [2.45, 2.75) is 63.6 Å². The van der Waals surface area contributed by atoms with Crippen LogP contribution in [0.4, 0.5) is 0 Å². The molecule has 40 heavy (non-hydrogen) atoms. The molecule has 1 aromatic rings. The van der Waals surface area contributed by atoms with Crippen molar-refractivity contribution < 1.29 is 39.5 Å². The van der Waals surface area contributed by atoms with Crippen molar-refractivity contribution in [1.82, 2.24) is 4.90 Å². The minimum atomic E-state index is -2.73. The molecule has 0 spiro atoms. The lowest BCUT2D eigenvalue weighted by Gasteiger charge is -2.48. The SMILES string of the molecule is COc1c([C@@H]2CCCN2CCC(C)C)cc(O)c2c1C[C@H]1C[C@H]3[C@H](N)C(=O)C(C(N)=O)=C(O)[C@@]3(O)C(=O)C1=C2O. The molecule has 4 aliphatic rings. The fourth-order valence-corrected chi connectivity index (χ4v) is 7.15. The number of Topliss-reactive ketones (excluding diaryl/α,β-unsaturated/α-hetero) is 2. The summed E-state index contributed by atoms with van der Waals surface area (Å²) >= 11 is 0. The molecule has 1 heterocycles. The molecule has 1 amide bonds. The number of hydrogen-bond acceptors (Lipinski definition) is 10. The average molecular weight is 556 g/mol. The van der Waals surface area contributed by atoms with Gasteiger partial charge in [0.2, 0.25) is 5.78 Å². The number of rotatable bonds is 6. The summed E-state index contributed by atoms with van der Waals surface area (Å²) in [4.78, 5) is 40.8. The molecule has 5 rings (SSSR count). The van der Waals surface area contributed by atoms with Crippen LogP contribution in [0, 0.1) is 17.8 Å². The zero-order chi connectivity index (χ0) is 29.3. The maximum Gasteiger partial charge on any atom is 0.255 e. The average Bonchev–Trinajstić information content (AvgIpc) is 3.36. The lowest BCUT2D eigenvalue weighted by molar-refractivity contribution is -0.149. The van der Waals surface area contributed by atoms with Crippen LogP contribution >= 0.6 is 0 Å². The topological polar surface area (TPSA) is 197 Å². The van der Waals surface area contributed by atoms with Gasteiger partial charge in [-0.15, -0.1) is 0 Å². The molecule has 3 aliphatic carbocycles. The van der Waals surface area contributed by atoms with Crippen LogP contribution < -0.4 is 16.2 Å². The normalized spacial score (nSPS) is 30.4. The fourth-order valence-electron chi connectivity index (χ4n) is 7.15. The predicted octanol–water partition coefficient (Wildman–Crippen LogP) is 1.55. The van der Waals surface area contributed by atoms with E-state index in [9.17, 15) is 34.8 Å². The number of fused-ring (bicyclic) bond motifs is 3. The van der Waals surface area contributed by atoms with Crippen molar-refractivity contribution in [2.24, 2.45) is 29.2 Å². The number of hydrogen-bond donors (Lipinski definition) is 6. The number of carbonyl (C=O) groups is 3. The van der Waals surface area contributed by atoms with Gasteiger partial charge in [0.1, 0.15) is 28.6 Å². The van der Waals surface area contributed by atoms with Crippen molar-refractivity contribution in [2.75, 3.05) is 20.2 Å². The second-order valence-electron chi connectivity index (χ2n) is 11.8. The number of primary amides is 1. The number of nitrogens with two attached hydrogens (primary N) is 2. The van der Waals surface area contributed by atoms with Crippen LogP contribution in [0.25, 0.3) is 5.76 Å². The third-order valence-corrected chi connectivity index (χ3v) is 9.15. The van der Waals surface area contributed by atoms with Crippen molar-refractivity contribution >= 4 is 23.2 Å². The van der Waals surface area contributed by atoms with Crippen LogP contribution in [0.15, 0.2) is 23.0 Å². The van der Waals surface area contributed by atoms with Crippen LogP contribution in [0.5, 0.6) is 11.5 Å². The Morgan fingerprint density at radius 2 is 1.95 bits per heavy atom. The number of nitrogens with zero attached hydrogens (tertiary/aromatic N) is 1. The third kappa shape index (κ3) is 3.93. The van der Waals surface area contributed by atoms with Gasteiger partial charge in [0.25, 0.3) is 5.91 Å². The van der Waals surface area contributed by atoms with Crippen LogP contribution in [0.1, 0.15) is 62.3 Å². The van der Waals surface area contributed by atoms with E-state index in [0.717, 1.165) is 37.9 Å². The third-order valence-electron chi connectivity index (χ3n) is 9.15. The van der Waals surface area contributed by atoms with E-state index in [2.05, 4.69) is 18.7 Å². The first-order valence-electron chi connectivity index (χ1n) is 13.7. The van der Waals surface area contributed by atoms with E-state index in [-0.39, 0.29) is 35.8 Å². The molecule has 2 fully saturated rings. The van der Waals surface area contributed by atoms with Gasteiger partial charge < -0.3 is 36.6 Å². The molecule has 0 unspecified atom stereocenters. The molecular formula is C29H37N3O8. The summed E-state index contributed by atoms with van der Waals surface area (Å²) in [6.07, 6.45) is 3.00. The molecule has 8 N–H and O–H groups in total. The van der Waals surface area contributed by atoms with Gasteiger partial charge in [-0.3, -0.25) is 19.3 Å². The number of likely N-dealkylation sites (tertiary alicyclic amines) is 1. The largest absolute Gasteiger partial charge is 0.508 e. The number of aromatic hydroxyl groups is 1. The molecule has 216 valence electrons. The summed E-state index contributed by atoms with van der Waals surface area (Å²) in [6, 6.07) is 0.0941. The van der Waals surface area contributed by atoms with E-state index in [1.807, 2.05) is 0 Å². The molecule has 0 aromatic heterocycles. The molecule has 11 heteroatoms. The van der Waals surface area contributed by atoms with E-state index >= 15 is 0 Å². The molecule has 0 bridgehead atoms. The van der Waals surface area contributed by atoms with E-state index in [4.69, 9.17) is 16.2 Å².